The van der Waals surface area contributed by atoms with Crippen molar-refractivity contribution >= 4 is 11.8 Å². The molecule has 36 heavy (non-hydrogen) atoms. The largest absolute Gasteiger partial charge is 0.497 e. The summed E-state index contributed by atoms with van der Waals surface area (Å²) in [5.41, 5.74) is 2.34. The molecule has 0 radical (unpaired) electrons. The number of hydrogen-bond donors (Lipinski definition) is 1. The quantitative estimate of drug-likeness (QED) is 0.547. The standard InChI is InChI=1S/C28H28N2O6/c1-33-20-7-5-6-19(13-20)28(32)30-15-22(21-8-3-4-9-24(21)34-2)23(16-30)27(31)29-14-18-10-11-25-26(12-18)36-17-35-25/h3-13,22-23H,14-17H2,1-2H3,(H,29,31)/t22-,23+/m1/s1. The van der Waals surface area contributed by atoms with Crippen LogP contribution in [0.1, 0.15) is 27.4 Å². The van der Waals surface area contributed by atoms with Crippen LogP contribution in [0.2, 0.25) is 0 Å². The molecule has 3 aromatic rings. The lowest BCUT2D eigenvalue weighted by Crippen LogP contribution is -2.35. The molecule has 2 aliphatic heterocycles. The van der Waals surface area contributed by atoms with E-state index in [1.165, 1.54) is 0 Å². The van der Waals surface area contributed by atoms with E-state index in [-0.39, 0.29) is 24.5 Å². The number of nitrogens with one attached hydrogen (secondary N) is 1. The predicted molar refractivity (Wildman–Crippen MR) is 133 cm³/mol. The van der Waals surface area contributed by atoms with Crippen LogP contribution in [-0.2, 0) is 11.3 Å². The number of carbonyl (C=O) groups excluding carboxylic acids is 2. The minimum Gasteiger partial charge on any atom is -0.497 e. The highest BCUT2D eigenvalue weighted by Gasteiger charge is 2.41. The fourth-order valence-electron chi connectivity index (χ4n) is 4.83. The number of ether oxygens (including phenoxy) is 4. The number of methoxy groups -OCH3 is 2. The van der Waals surface area contributed by atoms with Gasteiger partial charge in [-0.1, -0.05) is 30.3 Å². The van der Waals surface area contributed by atoms with Crippen molar-refractivity contribution in [1.29, 1.82) is 0 Å². The van der Waals surface area contributed by atoms with E-state index in [4.69, 9.17) is 18.9 Å². The zero-order valence-corrected chi connectivity index (χ0v) is 20.2. The van der Waals surface area contributed by atoms with E-state index in [1.807, 2.05) is 42.5 Å². The lowest BCUT2D eigenvalue weighted by molar-refractivity contribution is -0.125. The maximum atomic E-state index is 13.5. The molecule has 1 fully saturated rings. The number of carbonyl (C=O) groups is 2. The Morgan fingerprint density at radius 2 is 1.78 bits per heavy atom. The summed E-state index contributed by atoms with van der Waals surface area (Å²) in [5, 5.41) is 3.05. The van der Waals surface area contributed by atoms with Gasteiger partial charge in [0.25, 0.3) is 5.91 Å². The second-order valence-corrected chi connectivity index (χ2v) is 8.80. The van der Waals surface area contributed by atoms with Gasteiger partial charge in [0.2, 0.25) is 12.7 Å². The number of amides is 2. The molecule has 0 saturated carbocycles. The monoisotopic (exact) mass is 488 g/mol. The Bertz CT molecular complexity index is 1280. The molecule has 0 bridgehead atoms. The van der Waals surface area contributed by atoms with Crippen LogP contribution in [0.25, 0.3) is 0 Å². The Hall–Kier alpha value is -4.20. The molecule has 1 N–H and O–H groups in total. The van der Waals surface area contributed by atoms with Gasteiger partial charge in [-0.15, -0.1) is 0 Å². The van der Waals surface area contributed by atoms with Gasteiger partial charge in [-0.05, 0) is 47.5 Å². The van der Waals surface area contributed by atoms with Crippen molar-refractivity contribution in [2.75, 3.05) is 34.1 Å². The summed E-state index contributed by atoms with van der Waals surface area (Å²) in [5.74, 6) is 1.76. The fourth-order valence-corrected chi connectivity index (χ4v) is 4.83. The molecular weight excluding hydrogens is 460 g/mol. The molecule has 186 valence electrons. The Morgan fingerprint density at radius 3 is 2.61 bits per heavy atom. The Labute approximate surface area is 209 Å². The lowest BCUT2D eigenvalue weighted by atomic mass is 9.87. The van der Waals surface area contributed by atoms with Crippen molar-refractivity contribution in [3.05, 3.63) is 83.4 Å². The number of fused-ring (bicyclic) bond motifs is 1. The third-order valence-corrected chi connectivity index (χ3v) is 6.70. The van der Waals surface area contributed by atoms with Crippen LogP contribution in [0, 0.1) is 5.92 Å². The Balaban J connectivity index is 1.37. The molecule has 8 heteroatoms. The zero-order chi connectivity index (χ0) is 25.1. The second-order valence-electron chi connectivity index (χ2n) is 8.80. The number of hydrogen-bond acceptors (Lipinski definition) is 6. The summed E-state index contributed by atoms with van der Waals surface area (Å²) in [4.78, 5) is 28.6. The van der Waals surface area contributed by atoms with Crippen LogP contribution in [0.4, 0.5) is 0 Å². The van der Waals surface area contributed by atoms with Crippen molar-refractivity contribution in [2.24, 2.45) is 5.92 Å². The third-order valence-electron chi connectivity index (χ3n) is 6.70. The first-order chi connectivity index (χ1) is 17.6. The molecule has 8 nitrogen and oxygen atoms in total. The maximum Gasteiger partial charge on any atom is 0.254 e. The second kappa shape index (κ2) is 10.2. The minimum absolute atomic E-state index is 0.121. The van der Waals surface area contributed by atoms with Gasteiger partial charge in [0.15, 0.2) is 11.5 Å². The van der Waals surface area contributed by atoms with E-state index in [1.54, 1.807) is 43.4 Å². The van der Waals surface area contributed by atoms with Crippen LogP contribution < -0.4 is 24.3 Å². The zero-order valence-electron chi connectivity index (χ0n) is 20.2. The highest BCUT2D eigenvalue weighted by Crippen LogP contribution is 2.38. The summed E-state index contributed by atoms with van der Waals surface area (Å²) in [6, 6.07) is 20.3. The van der Waals surface area contributed by atoms with Crippen LogP contribution in [0.3, 0.4) is 0 Å². The molecular formula is C28H28N2O6. The maximum absolute atomic E-state index is 13.5. The topological polar surface area (TPSA) is 86.3 Å². The molecule has 2 heterocycles. The number of para-hydroxylation sites is 1. The van der Waals surface area contributed by atoms with Crippen molar-refractivity contribution in [2.45, 2.75) is 12.5 Å². The van der Waals surface area contributed by atoms with E-state index in [0.717, 1.165) is 11.1 Å². The van der Waals surface area contributed by atoms with Gasteiger partial charge in [-0.3, -0.25) is 9.59 Å². The van der Waals surface area contributed by atoms with Crippen molar-refractivity contribution in [1.82, 2.24) is 10.2 Å². The van der Waals surface area contributed by atoms with Gasteiger partial charge in [0, 0.05) is 31.1 Å². The van der Waals surface area contributed by atoms with Gasteiger partial charge < -0.3 is 29.2 Å². The first kappa shape index (κ1) is 23.5. The molecule has 5 rings (SSSR count). The fraction of sp³-hybridized carbons (Fsp3) is 0.286. The van der Waals surface area contributed by atoms with Gasteiger partial charge in [-0.2, -0.15) is 0 Å². The molecule has 2 amide bonds. The molecule has 0 aromatic heterocycles. The van der Waals surface area contributed by atoms with Gasteiger partial charge in [-0.25, -0.2) is 0 Å². The van der Waals surface area contributed by atoms with E-state index >= 15 is 0 Å². The lowest BCUT2D eigenvalue weighted by Gasteiger charge is -2.20. The third kappa shape index (κ3) is 4.66. The van der Waals surface area contributed by atoms with Crippen LogP contribution >= 0.6 is 0 Å². The van der Waals surface area contributed by atoms with Crippen molar-refractivity contribution in [3.63, 3.8) is 0 Å². The molecule has 0 aliphatic carbocycles. The molecule has 2 atom stereocenters. The highest BCUT2D eigenvalue weighted by atomic mass is 16.7. The van der Waals surface area contributed by atoms with Gasteiger partial charge >= 0.3 is 0 Å². The Kier molecular flexibility index (Phi) is 6.66. The average Bonchev–Trinajstić information content (AvgIpc) is 3.58. The average molecular weight is 489 g/mol. The number of likely N-dealkylation sites (tertiary alicyclic amines) is 1. The van der Waals surface area contributed by atoms with E-state index in [9.17, 15) is 9.59 Å². The normalized spacial score (nSPS) is 18.1. The molecule has 0 spiro atoms. The van der Waals surface area contributed by atoms with Crippen molar-refractivity contribution < 1.29 is 28.5 Å². The molecule has 1 saturated heterocycles. The van der Waals surface area contributed by atoms with Gasteiger partial charge in [0.1, 0.15) is 11.5 Å². The summed E-state index contributed by atoms with van der Waals surface area (Å²) in [6.07, 6.45) is 0. The van der Waals surface area contributed by atoms with E-state index < -0.39 is 5.92 Å². The summed E-state index contributed by atoms with van der Waals surface area (Å²) >= 11 is 0. The van der Waals surface area contributed by atoms with Crippen molar-refractivity contribution in [3.8, 4) is 23.0 Å². The minimum atomic E-state index is -0.440. The summed E-state index contributed by atoms with van der Waals surface area (Å²) < 4.78 is 21.7. The first-order valence-corrected chi connectivity index (χ1v) is 11.8. The van der Waals surface area contributed by atoms with Crippen LogP contribution in [0.5, 0.6) is 23.0 Å². The number of rotatable bonds is 7. The SMILES string of the molecule is COc1cccc(C(=O)N2C[C@H](C(=O)NCc3ccc4c(c3)OCO4)[C@@H](c3ccccc3OC)C2)c1. The summed E-state index contributed by atoms with van der Waals surface area (Å²) in [7, 11) is 3.18. The van der Waals surface area contributed by atoms with E-state index in [2.05, 4.69) is 5.32 Å². The summed E-state index contributed by atoms with van der Waals surface area (Å²) in [6.45, 7) is 1.24. The molecule has 3 aromatic carbocycles. The van der Waals surface area contributed by atoms with Gasteiger partial charge in [0.05, 0.1) is 20.1 Å². The van der Waals surface area contributed by atoms with E-state index in [0.29, 0.717) is 48.2 Å². The first-order valence-electron chi connectivity index (χ1n) is 11.8. The number of nitrogens with zero attached hydrogens (tertiary/aromatic N) is 1. The van der Waals surface area contributed by atoms with Crippen LogP contribution in [-0.4, -0.2) is 50.8 Å². The highest BCUT2D eigenvalue weighted by molar-refractivity contribution is 5.95. The molecule has 0 unspecified atom stereocenters. The Morgan fingerprint density at radius 1 is 0.944 bits per heavy atom. The molecule has 2 aliphatic rings. The van der Waals surface area contributed by atoms with Crippen LogP contribution in [0.15, 0.2) is 66.7 Å². The number of benzene rings is 3. The predicted octanol–water partition coefficient (Wildman–Crippen LogP) is 3.60. The smallest absolute Gasteiger partial charge is 0.254 e.